The van der Waals surface area contributed by atoms with Gasteiger partial charge < -0.3 is 9.84 Å². The van der Waals surface area contributed by atoms with Crippen molar-refractivity contribution in [2.75, 3.05) is 6.61 Å². The predicted octanol–water partition coefficient (Wildman–Crippen LogP) is 8.20. The summed E-state index contributed by atoms with van der Waals surface area (Å²) in [6.45, 7) is 2.76. The fourth-order valence-electron chi connectivity index (χ4n) is 3.67. The van der Waals surface area contributed by atoms with Crippen molar-refractivity contribution in [2.45, 2.75) is 116 Å². The zero-order valence-corrected chi connectivity index (χ0v) is 18.8. The highest BCUT2D eigenvalue weighted by atomic mass is 16.5. The van der Waals surface area contributed by atoms with Crippen molar-refractivity contribution < 1.29 is 14.6 Å². The van der Waals surface area contributed by atoms with Gasteiger partial charge in [-0.2, -0.15) is 0 Å². The number of phenolic OH excluding ortho intramolecular Hbond substituents is 1. The van der Waals surface area contributed by atoms with Crippen molar-refractivity contribution in [3.8, 4) is 5.75 Å². The number of rotatable bonds is 19. The molecule has 3 heteroatoms. The molecule has 0 spiro atoms. The molecule has 0 atom stereocenters. The third kappa shape index (κ3) is 15.1. The number of ether oxygens (including phenoxy) is 1. The van der Waals surface area contributed by atoms with Gasteiger partial charge >= 0.3 is 5.97 Å². The molecule has 0 radical (unpaired) electrons. The van der Waals surface area contributed by atoms with Crippen LogP contribution in [0.1, 0.15) is 126 Å². The first-order chi connectivity index (χ1) is 14.2. The predicted molar refractivity (Wildman–Crippen MR) is 123 cm³/mol. The minimum absolute atomic E-state index is 0.162. The zero-order valence-electron chi connectivity index (χ0n) is 18.8. The molecular weight excluding hydrogens is 360 g/mol. The van der Waals surface area contributed by atoms with Gasteiger partial charge in [0.25, 0.3) is 0 Å². The van der Waals surface area contributed by atoms with Gasteiger partial charge in [0.2, 0.25) is 0 Å². The summed E-state index contributed by atoms with van der Waals surface area (Å²) in [4.78, 5) is 11.8. The summed E-state index contributed by atoms with van der Waals surface area (Å²) in [6.07, 6.45) is 22.9. The largest absolute Gasteiger partial charge is 0.508 e. The Morgan fingerprint density at radius 1 is 0.655 bits per heavy atom. The second-order valence-corrected chi connectivity index (χ2v) is 8.34. The Labute approximate surface area is 179 Å². The van der Waals surface area contributed by atoms with E-state index < -0.39 is 0 Å². The topological polar surface area (TPSA) is 46.5 Å². The van der Waals surface area contributed by atoms with Crippen molar-refractivity contribution in [3.63, 3.8) is 0 Å². The highest BCUT2D eigenvalue weighted by Gasteiger charge is 2.06. The molecule has 0 aromatic heterocycles. The Kier molecular flexibility index (Phi) is 16.3. The molecule has 0 saturated carbocycles. The van der Waals surface area contributed by atoms with Gasteiger partial charge in [0.1, 0.15) is 5.75 Å². The van der Waals surface area contributed by atoms with E-state index in [2.05, 4.69) is 6.92 Å². The zero-order chi connectivity index (χ0) is 21.0. The lowest BCUT2D eigenvalue weighted by Gasteiger charge is -2.05. The second kappa shape index (κ2) is 18.5. The van der Waals surface area contributed by atoms with Crippen LogP contribution in [0.25, 0.3) is 0 Å². The molecule has 166 valence electrons. The van der Waals surface area contributed by atoms with Crippen LogP contribution in [0.2, 0.25) is 0 Å². The van der Waals surface area contributed by atoms with Crippen LogP contribution >= 0.6 is 0 Å². The molecule has 0 amide bonds. The number of hydrogen-bond acceptors (Lipinski definition) is 3. The first kappa shape index (κ1) is 25.5. The summed E-state index contributed by atoms with van der Waals surface area (Å²) >= 11 is 0. The molecule has 1 aromatic carbocycles. The Morgan fingerprint density at radius 2 is 1.03 bits per heavy atom. The first-order valence-electron chi connectivity index (χ1n) is 12.2. The molecule has 0 aliphatic carbocycles. The summed E-state index contributed by atoms with van der Waals surface area (Å²) in [5, 5.41) is 9.23. The molecule has 1 aromatic rings. The number of esters is 1. The van der Waals surface area contributed by atoms with Crippen LogP contribution in [0.15, 0.2) is 24.3 Å². The number of unbranched alkanes of at least 4 members (excludes halogenated alkanes) is 16. The van der Waals surface area contributed by atoms with Gasteiger partial charge in [-0.1, -0.05) is 110 Å². The lowest BCUT2D eigenvalue weighted by Crippen LogP contribution is -2.06. The summed E-state index contributed by atoms with van der Waals surface area (Å²) in [7, 11) is 0. The Balaban J connectivity index is 1.77. The van der Waals surface area contributed by atoms with Gasteiger partial charge in [-0.25, -0.2) is 4.79 Å². The minimum Gasteiger partial charge on any atom is -0.508 e. The van der Waals surface area contributed by atoms with Crippen molar-refractivity contribution in [3.05, 3.63) is 29.8 Å². The number of carbonyl (C=O) groups excluding carboxylic acids is 1. The first-order valence-corrected chi connectivity index (χ1v) is 12.2. The molecule has 1 N–H and O–H groups in total. The molecule has 0 aliphatic rings. The fourth-order valence-corrected chi connectivity index (χ4v) is 3.67. The Morgan fingerprint density at radius 3 is 1.45 bits per heavy atom. The second-order valence-electron chi connectivity index (χ2n) is 8.34. The van der Waals surface area contributed by atoms with Gasteiger partial charge in [0.15, 0.2) is 0 Å². The van der Waals surface area contributed by atoms with Gasteiger partial charge in [-0.15, -0.1) is 0 Å². The van der Waals surface area contributed by atoms with Crippen LogP contribution in [0, 0.1) is 0 Å². The van der Waals surface area contributed by atoms with E-state index in [0.717, 1.165) is 12.8 Å². The van der Waals surface area contributed by atoms with Crippen molar-refractivity contribution in [1.82, 2.24) is 0 Å². The molecule has 29 heavy (non-hydrogen) atoms. The van der Waals surface area contributed by atoms with Gasteiger partial charge in [-0.05, 0) is 30.7 Å². The third-order valence-electron chi connectivity index (χ3n) is 5.58. The van der Waals surface area contributed by atoms with E-state index in [-0.39, 0.29) is 11.7 Å². The monoisotopic (exact) mass is 404 g/mol. The number of benzene rings is 1. The molecule has 0 aliphatic heterocycles. The van der Waals surface area contributed by atoms with Crippen LogP contribution in [0.3, 0.4) is 0 Å². The summed E-state index contributed by atoms with van der Waals surface area (Å²) in [6, 6.07) is 6.19. The third-order valence-corrected chi connectivity index (χ3v) is 5.58. The Hall–Kier alpha value is -1.51. The molecule has 0 unspecified atom stereocenters. The molecule has 0 saturated heterocycles. The quantitative estimate of drug-likeness (QED) is 0.187. The minimum atomic E-state index is -0.304. The van der Waals surface area contributed by atoms with Crippen LogP contribution < -0.4 is 0 Å². The maximum atomic E-state index is 11.8. The van der Waals surface area contributed by atoms with E-state index in [4.69, 9.17) is 4.74 Å². The van der Waals surface area contributed by atoms with Gasteiger partial charge in [0.05, 0.1) is 12.2 Å². The van der Waals surface area contributed by atoms with E-state index in [1.165, 1.54) is 108 Å². The fraction of sp³-hybridized carbons (Fsp3) is 0.731. The van der Waals surface area contributed by atoms with Crippen molar-refractivity contribution in [2.24, 2.45) is 0 Å². The van der Waals surface area contributed by atoms with Crippen LogP contribution in [0.5, 0.6) is 5.75 Å². The van der Waals surface area contributed by atoms with E-state index in [1.54, 1.807) is 12.1 Å². The van der Waals surface area contributed by atoms with Crippen molar-refractivity contribution in [1.29, 1.82) is 0 Å². The van der Waals surface area contributed by atoms with Crippen LogP contribution in [-0.2, 0) is 4.74 Å². The maximum Gasteiger partial charge on any atom is 0.338 e. The molecule has 3 nitrogen and oxygen atoms in total. The van der Waals surface area contributed by atoms with E-state index >= 15 is 0 Å². The van der Waals surface area contributed by atoms with E-state index in [9.17, 15) is 9.90 Å². The smallest absolute Gasteiger partial charge is 0.338 e. The normalized spacial score (nSPS) is 10.9. The molecular formula is C26H44O3. The number of phenols is 1. The molecule has 0 fully saturated rings. The standard InChI is InChI=1S/C26H44O3/c1-2-3-4-5-6-7-8-9-10-11-12-13-14-15-16-17-18-23-29-26(28)24-19-21-25(27)22-20-24/h19-22,27H,2-18,23H2,1H3. The number of carbonyl (C=O) groups is 1. The van der Waals surface area contributed by atoms with Crippen LogP contribution in [0.4, 0.5) is 0 Å². The highest BCUT2D eigenvalue weighted by Crippen LogP contribution is 2.14. The van der Waals surface area contributed by atoms with E-state index in [1.807, 2.05) is 0 Å². The van der Waals surface area contributed by atoms with Gasteiger partial charge in [-0.3, -0.25) is 0 Å². The van der Waals surface area contributed by atoms with E-state index in [0.29, 0.717) is 12.2 Å². The summed E-state index contributed by atoms with van der Waals surface area (Å²) in [5.41, 5.74) is 0.495. The summed E-state index contributed by atoms with van der Waals surface area (Å²) < 4.78 is 5.27. The maximum absolute atomic E-state index is 11.8. The van der Waals surface area contributed by atoms with Crippen LogP contribution in [-0.4, -0.2) is 17.7 Å². The highest BCUT2D eigenvalue weighted by molar-refractivity contribution is 5.89. The molecule has 0 heterocycles. The molecule has 0 bridgehead atoms. The lowest BCUT2D eigenvalue weighted by molar-refractivity contribution is 0.0497. The molecule has 1 rings (SSSR count). The SMILES string of the molecule is CCCCCCCCCCCCCCCCCCCOC(=O)c1ccc(O)cc1. The number of hydrogen-bond donors (Lipinski definition) is 1. The summed E-state index contributed by atoms with van der Waals surface area (Å²) in [5.74, 6) is -0.142. The Bertz CT molecular complexity index is 495. The number of aromatic hydroxyl groups is 1. The van der Waals surface area contributed by atoms with Gasteiger partial charge in [0, 0.05) is 0 Å². The average molecular weight is 405 g/mol. The lowest BCUT2D eigenvalue weighted by atomic mass is 10.0. The van der Waals surface area contributed by atoms with Crippen molar-refractivity contribution >= 4 is 5.97 Å². The average Bonchev–Trinajstić information content (AvgIpc) is 2.73.